The maximum atomic E-state index is 12.7. The van der Waals surface area contributed by atoms with Crippen LogP contribution in [0.15, 0.2) is 36.7 Å². The Morgan fingerprint density at radius 1 is 1.04 bits per heavy atom. The summed E-state index contributed by atoms with van der Waals surface area (Å²) in [6.07, 6.45) is 10.5. The number of hydrogen-bond donors (Lipinski definition) is 1. The van der Waals surface area contributed by atoms with Crippen LogP contribution in [0.25, 0.3) is 0 Å². The quantitative estimate of drug-likeness (QED) is 0.933. The van der Waals surface area contributed by atoms with Gasteiger partial charge in [-0.2, -0.15) is 0 Å². The highest BCUT2D eigenvalue weighted by Crippen LogP contribution is 2.22. The van der Waals surface area contributed by atoms with Crippen molar-refractivity contribution in [3.63, 3.8) is 0 Å². The highest BCUT2D eigenvalue weighted by molar-refractivity contribution is 5.92. The first kappa shape index (κ1) is 16.1. The Balaban J connectivity index is 1.41. The van der Waals surface area contributed by atoms with Gasteiger partial charge in [0.1, 0.15) is 11.5 Å². The van der Waals surface area contributed by atoms with Gasteiger partial charge in [-0.3, -0.25) is 4.79 Å². The molecule has 1 aromatic carbocycles. The number of aromatic nitrogens is 2. The fourth-order valence-corrected chi connectivity index (χ4v) is 3.80. The zero-order valence-electron chi connectivity index (χ0n) is 14.4. The number of nitrogens with one attached hydrogen (secondary N) is 1. The van der Waals surface area contributed by atoms with E-state index in [1.165, 1.54) is 43.2 Å². The van der Waals surface area contributed by atoms with Gasteiger partial charge < -0.3 is 10.2 Å². The molecular formula is C20H24N4O. The molecule has 5 heteroatoms. The van der Waals surface area contributed by atoms with Crippen LogP contribution >= 0.6 is 0 Å². The second-order valence-corrected chi connectivity index (χ2v) is 7.01. The Hall–Kier alpha value is -2.43. The summed E-state index contributed by atoms with van der Waals surface area (Å²) in [6, 6.07) is 8.81. The van der Waals surface area contributed by atoms with E-state index in [-0.39, 0.29) is 5.91 Å². The Morgan fingerprint density at radius 2 is 1.84 bits per heavy atom. The number of amides is 1. The molecule has 0 atom stereocenters. The number of nitrogens with zero attached hydrogens (tertiary/aromatic N) is 3. The fraction of sp³-hybridized carbons (Fsp3) is 0.450. The fourth-order valence-electron chi connectivity index (χ4n) is 3.80. The summed E-state index contributed by atoms with van der Waals surface area (Å²) in [5.74, 6) is 0.735. The zero-order chi connectivity index (χ0) is 17.1. The van der Waals surface area contributed by atoms with Crippen molar-refractivity contribution in [2.45, 2.75) is 51.1 Å². The maximum Gasteiger partial charge on any atom is 0.274 e. The van der Waals surface area contributed by atoms with Crippen molar-refractivity contribution in [2.75, 3.05) is 11.9 Å². The van der Waals surface area contributed by atoms with Crippen molar-refractivity contribution in [3.05, 3.63) is 53.5 Å². The molecule has 25 heavy (non-hydrogen) atoms. The van der Waals surface area contributed by atoms with Crippen LogP contribution in [0.3, 0.4) is 0 Å². The number of benzene rings is 1. The molecule has 1 saturated carbocycles. The maximum absolute atomic E-state index is 12.7. The van der Waals surface area contributed by atoms with E-state index < -0.39 is 0 Å². The lowest BCUT2D eigenvalue weighted by Crippen LogP contribution is -2.36. The van der Waals surface area contributed by atoms with Crippen molar-refractivity contribution < 1.29 is 4.79 Å². The van der Waals surface area contributed by atoms with Crippen LogP contribution in [0.5, 0.6) is 0 Å². The average Bonchev–Trinajstić information content (AvgIpc) is 2.68. The second kappa shape index (κ2) is 7.21. The van der Waals surface area contributed by atoms with Crippen LogP contribution in [-0.2, 0) is 13.0 Å². The third kappa shape index (κ3) is 3.65. The lowest BCUT2D eigenvalue weighted by molar-refractivity contribution is 0.0728. The van der Waals surface area contributed by atoms with Crippen molar-refractivity contribution in [3.8, 4) is 0 Å². The molecule has 1 aliphatic heterocycles. The van der Waals surface area contributed by atoms with Crippen molar-refractivity contribution >= 4 is 11.7 Å². The molecule has 0 spiro atoms. The molecule has 1 N–H and O–H groups in total. The number of rotatable bonds is 3. The minimum absolute atomic E-state index is 0.0359. The Bertz CT molecular complexity index is 738. The van der Waals surface area contributed by atoms with Gasteiger partial charge in [0.15, 0.2) is 0 Å². The predicted molar refractivity (Wildman–Crippen MR) is 97.4 cm³/mol. The van der Waals surface area contributed by atoms with Crippen LogP contribution in [0.4, 0.5) is 5.82 Å². The van der Waals surface area contributed by atoms with E-state index in [1.54, 1.807) is 12.4 Å². The molecule has 5 nitrogen and oxygen atoms in total. The van der Waals surface area contributed by atoms with Gasteiger partial charge >= 0.3 is 0 Å². The molecule has 0 saturated heterocycles. The van der Waals surface area contributed by atoms with E-state index in [4.69, 9.17) is 0 Å². The number of carbonyl (C=O) groups is 1. The smallest absolute Gasteiger partial charge is 0.274 e. The molecule has 1 amide bonds. The molecular weight excluding hydrogens is 312 g/mol. The summed E-state index contributed by atoms with van der Waals surface area (Å²) in [4.78, 5) is 23.3. The first-order valence-corrected chi connectivity index (χ1v) is 9.24. The summed E-state index contributed by atoms with van der Waals surface area (Å²) in [5, 5.41) is 3.44. The van der Waals surface area contributed by atoms with Gasteiger partial charge in [-0.05, 0) is 30.4 Å². The summed E-state index contributed by atoms with van der Waals surface area (Å²) < 4.78 is 0. The van der Waals surface area contributed by atoms with Crippen LogP contribution < -0.4 is 5.32 Å². The van der Waals surface area contributed by atoms with E-state index in [9.17, 15) is 4.79 Å². The van der Waals surface area contributed by atoms with E-state index >= 15 is 0 Å². The van der Waals surface area contributed by atoms with Crippen molar-refractivity contribution in [1.82, 2.24) is 14.9 Å². The van der Waals surface area contributed by atoms with Gasteiger partial charge in [-0.15, -0.1) is 0 Å². The number of fused-ring (bicyclic) bond motifs is 1. The lowest BCUT2D eigenvalue weighted by Gasteiger charge is -2.28. The van der Waals surface area contributed by atoms with Gasteiger partial charge in [0.05, 0.1) is 12.4 Å². The monoisotopic (exact) mass is 336 g/mol. The highest BCUT2D eigenvalue weighted by atomic mass is 16.2. The molecule has 0 bridgehead atoms. The van der Waals surface area contributed by atoms with Crippen LogP contribution in [0, 0.1) is 0 Å². The van der Waals surface area contributed by atoms with Gasteiger partial charge in [-0.25, -0.2) is 9.97 Å². The highest BCUT2D eigenvalue weighted by Gasteiger charge is 2.22. The molecule has 130 valence electrons. The van der Waals surface area contributed by atoms with Crippen LogP contribution in [0.1, 0.15) is 53.7 Å². The van der Waals surface area contributed by atoms with Crippen LogP contribution in [-0.4, -0.2) is 33.4 Å². The average molecular weight is 336 g/mol. The Morgan fingerprint density at radius 3 is 2.60 bits per heavy atom. The third-order valence-corrected chi connectivity index (χ3v) is 5.25. The first-order chi connectivity index (χ1) is 12.3. The van der Waals surface area contributed by atoms with Crippen molar-refractivity contribution in [1.29, 1.82) is 0 Å². The summed E-state index contributed by atoms with van der Waals surface area (Å²) in [7, 11) is 0. The van der Waals surface area contributed by atoms with Gasteiger partial charge in [-0.1, -0.05) is 43.5 Å². The van der Waals surface area contributed by atoms with Crippen molar-refractivity contribution in [2.24, 2.45) is 0 Å². The molecule has 0 unspecified atom stereocenters. The largest absolute Gasteiger partial charge is 0.366 e. The number of hydrogen-bond acceptors (Lipinski definition) is 4. The molecule has 2 heterocycles. The Labute approximate surface area is 148 Å². The second-order valence-electron chi connectivity index (χ2n) is 7.01. The van der Waals surface area contributed by atoms with Gasteiger partial charge in [0.2, 0.25) is 0 Å². The molecule has 2 aromatic rings. The molecule has 0 radical (unpaired) electrons. The predicted octanol–water partition coefficient (Wildman–Crippen LogP) is 3.42. The van der Waals surface area contributed by atoms with E-state index in [0.717, 1.165) is 18.8 Å². The lowest BCUT2D eigenvalue weighted by atomic mass is 9.96. The molecule has 4 rings (SSSR count). The molecule has 1 aliphatic carbocycles. The summed E-state index contributed by atoms with van der Waals surface area (Å²) in [5.41, 5.74) is 2.99. The molecule has 1 fully saturated rings. The molecule has 1 aromatic heterocycles. The normalized spacial score (nSPS) is 17.8. The topological polar surface area (TPSA) is 58.1 Å². The minimum Gasteiger partial charge on any atom is -0.366 e. The summed E-state index contributed by atoms with van der Waals surface area (Å²) >= 11 is 0. The van der Waals surface area contributed by atoms with E-state index in [0.29, 0.717) is 18.3 Å². The number of carbonyl (C=O) groups excluding carboxylic acids is 1. The minimum atomic E-state index is -0.0359. The first-order valence-electron chi connectivity index (χ1n) is 9.24. The third-order valence-electron chi connectivity index (χ3n) is 5.25. The van der Waals surface area contributed by atoms with Crippen LogP contribution in [0.2, 0.25) is 0 Å². The van der Waals surface area contributed by atoms with E-state index in [2.05, 4.69) is 33.5 Å². The molecule has 2 aliphatic rings. The summed E-state index contributed by atoms with van der Waals surface area (Å²) in [6.45, 7) is 1.39. The number of anilines is 1. The van der Waals surface area contributed by atoms with Gasteiger partial charge in [0, 0.05) is 19.1 Å². The van der Waals surface area contributed by atoms with Gasteiger partial charge in [0.25, 0.3) is 5.91 Å². The SMILES string of the molecule is O=C(c1cnc(NC2CCCCC2)cn1)N1CCc2ccccc2C1. The zero-order valence-corrected chi connectivity index (χ0v) is 14.4. The standard InChI is InChI=1S/C20H24N4O/c25-20(24-11-10-15-6-4-5-7-16(15)14-24)18-12-22-19(13-21-18)23-17-8-2-1-3-9-17/h4-7,12-13,17H,1-3,8-11,14H2,(H,22,23). The Kier molecular flexibility index (Phi) is 4.63. The van der Waals surface area contributed by atoms with E-state index in [1.807, 2.05) is 11.0 Å².